The van der Waals surface area contributed by atoms with Crippen LogP contribution in [0.25, 0.3) is 0 Å². The van der Waals surface area contributed by atoms with Crippen LogP contribution in [0, 0.1) is 11.8 Å². The molecule has 2 aliphatic rings. The third kappa shape index (κ3) is 7.36. The Hall–Kier alpha value is -6.30. The van der Waals surface area contributed by atoms with Gasteiger partial charge in [0.1, 0.15) is 23.3 Å². The number of rotatable bonds is 13. The number of anilines is 2. The van der Waals surface area contributed by atoms with Crippen LogP contribution in [0.3, 0.4) is 0 Å². The quantitative estimate of drug-likeness (QED) is 0.120. The molecule has 0 aliphatic carbocycles. The first-order valence-electron chi connectivity index (χ1n) is 19.9. The molecule has 5 atom stereocenters. The Kier molecular flexibility index (Phi) is 10.8. The number of nitrogens with one attached hydrogen (secondary N) is 1. The number of aliphatic hydroxyl groups excluding tert-OH is 1. The maximum atomic E-state index is 15.2. The fourth-order valence-electron chi connectivity index (χ4n) is 9.13. The Balaban J connectivity index is 1.07. The predicted molar refractivity (Wildman–Crippen MR) is 225 cm³/mol. The Bertz CT molecular complexity index is 2420. The molecule has 0 saturated carbocycles. The minimum atomic E-state index is -1.24. The SMILES string of the molecule is COc1ccc(C(=O)Nc2ccc(CN3C(=O)[C@]4(O[C@H](CCn5cc([C@H](O)c6ccccc6)nn5)[C@@H](C(C)(C)c5ccc(OC)cc5)[C@@H]4C)c4ccccc43)cc2)cc1. The summed E-state index contributed by atoms with van der Waals surface area (Å²) in [4.78, 5) is 30.0. The largest absolute Gasteiger partial charge is 0.497 e. The molecule has 1 fully saturated rings. The Labute approximate surface area is 344 Å². The molecule has 0 radical (unpaired) electrons. The zero-order valence-corrected chi connectivity index (χ0v) is 33.9. The van der Waals surface area contributed by atoms with Crippen molar-refractivity contribution >= 4 is 23.2 Å². The molecular formula is C48H49N5O6. The number of methoxy groups -OCH3 is 2. The smallest absolute Gasteiger partial charge is 0.264 e. The van der Waals surface area contributed by atoms with Gasteiger partial charge in [-0.1, -0.05) is 98.8 Å². The van der Waals surface area contributed by atoms with Crippen molar-refractivity contribution in [2.24, 2.45) is 11.8 Å². The van der Waals surface area contributed by atoms with Crippen molar-refractivity contribution in [3.05, 3.63) is 167 Å². The number of ether oxygens (including phenoxy) is 3. The maximum Gasteiger partial charge on any atom is 0.264 e. The Morgan fingerprint density at radius 2 is 1.53 bits per heavy atom. The molecule has 2 N–H and O–H groups in total. The molecule has 2 amide bonds. The lowest BCUT2D eigenvalue weighted by Gasteiger charge is -2.38. The van der Waals surface area contributed by atoms with Crippen molar-refractivity contribution in [1.82, 2.24) is 15.0 Å². The van der Waals surface area contributed by atoms with Crippen molar-refractivity contribution < 1.29 is 28.9 Å². The fraction of sp³-hybridized carbons (Fsp3) is 0.292. The molecule has 8 rings (SSSR count). The van der Waals surface area contributed by atoms with Gasteiger partial charge in [0.05, 0.1) is 38.8 Å². The van der Waals surface area contributed by atoms with E-state index in [0.717, 1.165) is 33.7 Å². The van der Waals surface area contributed by atoms with E-state index in [4.69, 9.17) is 14.2 Å². The predicted octanol–water partition coefficient (Wildman–Crippen LogP) is 8.09. The highest BCUT2D eigenvalue weighted by atomic mass is 16.5. The van der Waals surface area contributed by atoms with Crippen molar-refractivity contribution in [2.75, 3.05) is 24.4 Å². The van der Waals surface area contributed by atoms with E-state index in [1.807, 2.05) is 95.9 Å². The van der Waals surface area contributed by atoms with E-state index in [0.29, 0.717) is 42.2 Å². The van der Waals surface area contributed by atoms with Crippen molar-refractivity contribution in [3.63, 3.8) is 0 Å². The topological polar surface area (TPSA) is 128 Å². The maximum absolute atomic E-state index is 15.2. The van der Waals surface area contributed by atoms with E-state index in [2.05, 4.69) is 48.5 Å². The molecule has 0 unspecified atom stereocenters. The lowest BCUT2D eigenvalue weighted by atomic mass is 9.63. The van der Waals surface area contributed by atoms with E-state index in [9.17, 15) is 9.90 Å². The molecule has 2 aliphatic heterocycles. The first kappa shape index (κ1) is 39.5. The van der Waals surface area contributed by atoms with Crippen LogP contribution in [-0.4, -0.2) is 52.2 Å². The third-order valence-corrected chi connectivity index (χ3v) is 12.2. The summed E-state index contributed by atoms with van der Waals surface area (Å²) >= 11 is 0. The number of carbonyl (C=O) groups excluding carboxylic acids is 2. The number of aliphatic hydroxyl groups is 1. The molecular weight excluding hydrogens is 743 g/mol. The summed E-state index contributed by atoms with van der Waals surface area (Å²) in [6, 6.07) is 40.0. The van der Waals surface area contributed by atoms with E-state index in [-0.39, 0.29) is 29.8 Å². The number of fused-ring (bicyclic) bond motifs is 2. The molecule has 1 saturated heterocycles. The van der Waals surface area contributed by atoms with Gasteiger partial charge >= 0.3 is 0 Å². The molecule has 0 bridgehead atoms. The van der Waals surface area contributed by atoms with Crippen LogP contribution in [0.15, 0.2) is 134 Å². The number of amides is 2. The van der Waals surface area contributed by atoms with Crippen LogP contribution in [-0.2, 0) is 33.6 Å². The van der Waals surface area contributed by atoms with Gasteiger partial charge in [-0.3, -0.25) is 14.3 Å². The molecule has 5 aromatic carbocycles. The summed E-state index contributed by atoms with van der Waals surface area (Å²) < 4.78 is 19.7. The summed E-state index contributed by atoms with van der Waals surface area (Å²) in [6.45, 7) is 7.40. The minimum Gasteiger partial charge on any atom is -0.497 e. The number of hydrogen-bond donors (Lipinski definition) is 2. The third-order valence-electron chi connectivity index (χ3n) is 12.2. The molecule has 3 heterocycles. The van der Waals surface area contributed by atoms with Gasteiger partial charge in [0.15, 0.2) is 5.60 Å². The van der Waals surface area contributed by atoms with Crippen LogP contribution in [0.5, 0.6) is 11.5 Å². The minimum absolute atomic E-state index is 0.0978. The van der Waals surface area contributed by atoms with Gasteiger partial charge in [0, 0.05) is 35.2 Å². The molecule has 11 heteroatoms. The summed E-state index contributed by atoms with van der Waals surface area (Å²) in [6.07, 6.45) is 1.09. The van der Waals surface area contributed by atoms with Gasteiger partial charge in [0.25, 0.3) is 11.8 Å². The standard InChI is InChI=1S/C48H49N5O6/c1-31-43(47(2,3)35-19-25-38(58-5)26-20-35)42(27-28-52-30-40(50-51-52)44(54)33-11-7-6-8-12-33)59-48(31)39-13-9-10-14-41(39)53(46(48)56)29-32-15-21-36(22-16-32)49-45(55)34-17-23-37(57-4)24-18-34/h6-26,30-31,42-44,54H,27-29H2,1-5H3,(H,49,55)/t31-,42+,43-,44+,48+/m0/s1. The normalized spacial score (nSPS) is 20.4. The molecule has 11 nitrogen and oxygen atoms in total. The van der Waals surface area contributed by atoms with Crippen LogP contribution in [0.4, 0.5) is 11.4 Å². The van der Waals surface area contributed by atoms with Gasteiger partial charge in [-0.25, -0.2) is 0 Å². The van der Waals surface area contributed by atoms with E-state index in [1.165, 1.54) is 0 Å². The van der Waals surface area contributed by atoms with Crippen molar-refractivity contribution in [2.45, 2.75) is 63.5 Å². The average Bonchev–Trinajstić information content (AvgIpc) is 3.94. The highest BCUT2D eigenvalue weighted by Gasteiger charge is 2.65. The molecule has 1 aromatic heterocycles. The number of benzene rings is 5. The van der Waals surface area contributed by atoms with E-state index < -0.39 is 17.1 Å². The first-order chi connectivity index (χ1) is 28.5. The molecule has 59 heavy (non-hydrogen) atoms. The Morgan fingerprint density at radius 1 is 0.881 bits per heavy atom. The average molecular weight is 792 g/mol. The number of aryl methyl sites for hydroxylation is 1. The number of aromatic nitrogens is 3. The number of para-hydroxylation sites is 1. The first-order valence-corrected chi connectivity index (χ1v) is 19.9. The fourth-order valence-corrected chi connectivity index (χ4v) is 9.13. The van der Waals surface area contributed by atoms with Gasteiger partial charge in [-0.05, 0) is 83.1 Å². The lowest BCUT2D eigenvalue weighted by molar-refractivity contribution is -0.146. The zero-order valence-electron chi connectivity index (χ0n) is 33.9. The Morgan fingerprint density at radius 3 is 2.20 bits per heavy atom. The summed E-state index contributed by atoms with van der Waals surface area (Å²) in [7, 11) is 3.25. The van der Waals surface area contributed by atoms with Crippen LogP contribution >= 0.6 is 0 Å². The molecule has 302 valence electrons. The molecule has 1 spiro atoms. The van der Waals surface area contributed by atoms with Crippen molar-refractivity contribution in [1.29, 1.82) is 0 Å². The number of nitrogens with zero attached hydrogens (tertiary/aromatic N) is 4. The van der Waals surface area contributed by atoms with Crippen molar-refractivity contribution in [3.8, 4) is 11.5 Å². The van der Waals surface area contributed by atoms with Crippen LogP contribution in [0.2, 0.25) is 0 Å². The van der Waals surface area contributed by atoms with E-state index >= 15 is 4.79 Å². The number of hydrogen-bond acceptors (Lipinski definition) is 8. The zero-order chi connectivity index (χ0) is 41.3. The second-order valence-corrected chi connectivity index (χ2v) is 16.0. The highest BCUT2D eigenvalue weighted by Crippen LogP contribution is 2.60. The summed E-state index contributed by atoms with van der Waals surface area (Å²) in [5, 5.41) is 22.7. The van der Waals surface area contributed by atoms with Crippen LogP contribution in [0.1, 0.15) is 71.6 Å². The van der Waals surface area contributed by atoms with Gasteiger partial charge < -0.3 is 29.5 Å². The summed E-state index contributed by atoms with van der Waals surface area (Å²) in [5.41, 5.74) is 4.40. The molecule has 6 aromatic rings. The monoisotopic (exact) mass is 791 g/mol. The van der Waals surface area contributed by atoms with Gasteiger partial charge in [-0.15, -0.1) is 5.10 Å². The van der Waals surface area contributed by atoms with Crippen LogP contribution < -0.4 is 19.7 Å². The van der Waals surface area contributed by atoms with Gasteiger partial charge in [0.2, 0.25) is 0 Å². The second-order valence-electron chi connectivity index (χ2n) is 16.0. The second kappa shape index (κ2) is 16.2. The lowest BCUT2D eigenvalue weighted by Crippen LogP contribution is -2.45. The van der Waals surface area contributed by atoms with Gasteiger partial charge in [-0.2, -0.15) is 0 Å². The summed E-state index contributed by atoms with van der Waals surface area (Å²) in [5.74, 6) is 0.793. The van der Waals surface area contributed by atoms with E-state index in [1.54, 1.807) is 49.4 Å². The number of carbonyl (C=O) groups is 2. The highest BCUT2D eigenvalue weighted by molar-refractivity contribution is 6.07.